The van der Waals surface area contributed by atoms with Gasteiger partial charge >= 0.3 is 0 Å². The largest absolute Gasteiger partial charge is 0.497 e. The molecule has 0 amide bonds. The molecule has 1 aliphatic carbocycles. The normalized spacial score (nSPS) is 18.4. The highest BCUT2D eigenvalue weighted by Gasteiger charge is 2.20. The van der Waals surface area contributed by atoms with E-state index in [1.807, 2.05) is 48.7 Å². The zero-order valence-corrected chi connectivity index (χ0v) is 15.8. The number of hydrogen-bond acceptors (Lipinski definition) is 3. The Morgan fingerprint density at radius 1 is 1.04 bits per heavy atom. The molecule has 1 atom stereocenters. The Hall–Kier alpha value is -2.39. The van der Waals surface area contributed by atoms with E-state index in [4.69, 9.17) is 9.84 Å². The lowest BCUT2D eigenvalue weighted by molar-refractivity contribution is 0.0973. The first kappa shape index (κ1) is 19.4. The maximum atomic E-state index is 12.5. The predicted octanol–water partition coefficient (Wildman–Crippen LogP) is 5.43. The Bertz CT molecular complexity index is 747. The first-order valence-corrected chi connectivity index (χ1v) is 9.83. The molecular formula is C24H28O3. The van der Waals surface area contributed by atoms with Crippen molar-refractivity contribution in [1.82, 2.24) is 0 Å². The van der Waals surface area contributed by atoms with Crippen LogP contribution < -0.4 is 0 Å². The van der Waals surface area contributed by atoms with Gasteiger partial charge in [-0.05, 0) is 48.3 Å². The van der Waals surface area contributed by atoms with Gasteiger partial charge in [-0.15, -0.1) is 0 Å². The van der Waals surface area contributed by atoms with Crippen LogP contribution in [-0.4, -0.2) is 10.9 Å². The molecule has 3 heteroatoms. The Morgan fingerprint density at radius 2 is 1.81 bits per heavy atom. The van der Waals surface area contributed by atoms with Gasteiger partial charge in [0.15, 0.2) is 5.78 Å². The molecule has 2 aromatic rings. The molecule has 3 nitrogen and oxygen atoms in total. The first-order chi connectivity index (χ1) is 13.3. The third-order valence-corrected chi connectivity index (χ3v) is 5.30. The predicted molar refractivity (Wildman–Crippen MR) is 107 cm³/mol. The number of allylic oxidation sites excluding steroid dienone is 1. The quantitative estimate of drug-likeness (QED) is 0.502. The fraction of sp³-hybridized carbons (Fsp3) is 0.375. The molecule has 1 aliphatic rings. The fourth-order valence-corrected chi connectivity index (χ4v) is 3.66. The van der Waals surface area contributed by atoms with Gasteiger partial charge in [-0.2, -0.15) is 0 Å². The summed E-state index contributed by atoms with van der Waals surface area (Å²) in [5.41, 5.74) is 4.08. The van der Waals surface area contributed by atoms with Crippen molar-refractivity contribution >= 4 is 5.78 Å². The van der Waals surface area contributed by atoms with Gasteiger partial charge in [0.1, 0.15) is 6.61 Å². The summed E-state index contributed by atoms with van der Waals surface area (Å²) < 4.78 is 5.84. The highest BCUT2D eigenvalue weighted by Crippen LogP contribution is 2.33. The Balaban J connectivity index is 1.53. The third-order valence-electron chi connectivity index (χ3n) is 5.30. The van der Waals surface area contributed by atoms with Crippen LogP contribution in [0.25, 0.3) is 0 Å². The Labute approximate surface area is 161 Å². The van der Waals surface area contributed by atoms with Crippen molar-refractivity contribution in [3.8, 4) is 0 Å². The summed E-state index contributed by atoms with van der Waals surface area (Å²) in [5.74, 6) is 0.616. The van der Waals surface area contributed by atoms with E-state index in [1.54, 1.807) is 0 Å². The van der Waals surface area contributed by atoms with E-state index in [1.165, 1.54) is 24.0 Å². The number of hydrogen-bond donors (Lipinski definition) is 1. The highest BCUT2D eigenvalue weighted by molar-refractivity contribution is 5.96. The van der Waals surface area contributed by atoms with Crippen LogP contribution in [0, 0.1) is 5.92 Å². The second kappa shape index (κ2) is 10.1. The number of carbonyl (C=O) groups is 1. The molecule has 1 N–H and O–H groups in total. The number of Topliss-reactive ketones (excluding diaryl/α,β-unsaturated/α-hetero) is 1. The lowest BCUT2D eigenvalue weighted by Crippen LogP contribution is -2.13. The SMILES string of the molecule is O=C(CCC1CCCC/C1=C\OCc1ccccc1)c1ccc(CO)cc1. The van der Waals surface area contributed by atoms with Gasteiger partial charge in [-0.25, -0.2) is 0 Å². The number of carbonyl (C=O) groups excluding carboxylic acids is 1. The lowest BCUT2D eigenvalue weighted by atomic mass is 9.81. The summed E-state index contributed by atoms with van der Waals surface area (Å²) in [4.78, 5) is 12.5. The molecule has 0 aliphatic heterocycles. The number of aliphatic hydroxyl groups is 1. The summed E-state index contributed by atoms with van der Waals surface area (Å²) in [6.07, 6.45) is 8.00. The van der Waals surface area contributed by atoms with Crippen LogP contribution in [-0.2, 0) is 18.0 Å². The van der Waals surface area contributed by atoms with Gasteiger partial charge < -0.3 is 9.84 Å². The number of benzene rings is 2. The summed E-state index contributed by atoms with van der Waals surface area (Å²) in [7, 11) is 0. The maximum Gasteiger partial charge on any atom is 0.162 e. The monoisotopic (exact) mass is 364 g/mol. The average molecular weight is 364 g/mol. The number of ketones is 1. The van der Waals surface area contributed by atoms with Crippen molar-refractivity contribution in [2.75, 3.05) is 0 Å². The van der Waals surface area contributed by atoms with E-state index in [9.17, 15) is 4.79 Å². The minimum atomic E-state index is 0.00762. The summed E-state index contributed by atoms with van der Waals surface area (Å²) in [5, 5.41) is 9.11. The van der Waals surface area contributed by atoms with E-state index < -0.39 is 0 Å². The minimum absolute atomic E-state index is 0.00762. The number of ether oxygens (including phenoxy) is 1. The molecule has 1 saturated carbocycles. The van der Waals surface area contributed by atoms with Crippen LogP contribution in [0.4, 0.5) is 0 Å². The van der Waals surface area contributed by atoms with Crippen molar-refractivity contribution in [1.29, 1.82) is 0 Å². The van der Waals surface area contributed by atoms with Gasteiger partial charge in [-0.3, -0.25) is 4.79 Å². The zero-order valence-electron chi connectivity index (χ0n) is 15.8. The number of aliphatic hydroxyl groups excluding tert-OH is 1. The molecular weight excluding hydrogens is 336 g/mol. The van der Waals surface area contributed by atoms with Crippen LogP contribution in [0.5, 0.6) is 0 Å². The van der Waals surface area contributed by atoms with Gasteiger partial charge in [-0.1, -0.05) is 61.0 Å². The van der Waals surface area contributed by atoms with Crippen molar-refractivity contribution in [3.05, 3.63) is 83.1 Å². The topological polar surface area (TPSA) is 46.5 Å². The van der Waals surface area contributed by atoms with Gasteiger partial charge in [0.2, 0.25) is 0 Å². The van der Waals surface area contributed by atoms with Crippen LogP contribution in [0.2, 0.25) is 0 Å². The summed E-state index contributed by atoms with van der Waals surface area (Å²) in [6, 6.07) is 17.4. The van der Waals surface area contributed by atoms with E-state index in [0.29, 0.717) is 18.9 Å². The molecule has 3 rings (SSSR count). The van der Waals surface area contributed by atoms with E-state index >= 15 is 0 Å². The molecule has 0 heterocycles. The second-order valence-corrected chi connectivity index (χ2v) is 7.25. The Kier molecular flexibility index (Phi) is 7.23. The van der Waals surface area contributed by atoms with Crippen molar-refractivity contribution in [2.24, 2.45) is 5.92 Å². The standard InChI is InChI=1S/C24H28O3/c25-16-19-10-12-22(13-11-19)24(26)15-14-21-8-4-5-9-23(21)18-27-17-20-6-2-1-3-7-20/h1-3,6-7,10-13,18,21,25H,4-5,8-9,14-17H2/b23-18+. The maximum absolute atomic E-state index is 12.5. The summed E-state index contributed by atoms with van der Waals surface area (Å²) >= 11 is 0. The van der Waals surface area contributed by atoms with Crippen molar-refractivity contribution in [3.63, 3.8) is 0 Å². The number of rotatable bonds is 8. The highest BCUT2D eigenvalue weighted by atomic mass is 16.5. The first-order valence-electron chi connectivity index (χ1n) is 9.83. The second-order valence-electron chi connectivity index (χ2n) is 7.25. The molecule has 142 valence electrons. The van der Waals surface area contributed by atoms with Gasteiger partial charge in [0, 0.05) is 12.0 Å². The van der Waals surface area contributed by atoms with E-state index in [2.05, 4.69) is 12.1 Å². The Morgan fingerprint density at radius 3 is 2.56 bits per heavy atom. The molecule has 27 heavy (non-hydrogen) atoms. The molecule has 0 bridgehead atoms. The van der Waals surface area contributed by atoms with Crippen LogP contribution in [0.1, 0.15) is 60.0 Å². The fourth-order valence-electron chi connectivity index (χ4n) is 3.66. The third kappa shape index (κ3) is 5.80. The van der Waals surface area contributed by atoms with E-state index in [-0.39, 0.29) is 12.4 Å². The van der Waals surface area contributed by atoms with Crippen molar-refractivity contribution < 1.29 is 14.6 Å². The molecule has 1 unspecified atom stereocenters. The molecule has 2 aromatic carbocycles. The summed E-state index contributed by atoms with van der Waals surface area (Å²) in [6.45, 7) is 0.598. The van der Waals surface area contributed by atoms with Crippen LogP contribution >= 0.6 is 0 Å². The van der Waals surface area contributed by atoms with Crippen LogP contribution in [0.3, 0.4) is 0 Å². The van der Waals surface area contributed by atoms with Gasteiger partial charge in [0.05, 0.1) is 12.9 Å². The lowest BCUT2D eigenvalue weighted by Gasteiger charge is -2.25. The minimum Gasteiger partial charge on any atom is -0.497 e. The average Bonchev–Trinajstić information content (AvgIpc) is 2.73. The smallest absolute Gasteiger partial charge is 0.162 e. The molecule has 0 aromatic heterocycles. The molecule has 0 spiro atoms. The molecule has 0 saturated heterocycles. The van der Waals surface area contributed by atoms with E-state index in [0.717, 1.165) is 30.4 Å². The van der Waals surface area contributed by atoms with Crippen LogP contribution in [0.15, 0.2) is 66.4 Å². The molecule has 1 fully saturated rings. The molecule has 0 radical (unpaired) electrons. The van der Waals surface area contributed by atoms with Crippen molar-refractivity contribution in [2.45, 2.75) is 51.7 Å². The van der Waals surface area contributed by atoms with Gasteiger partial charge in [0.25, 0.3) is 0 Å². The zero-order chi connectivity index (χ0) is 18.9.